The average molecular weight is 335 g/mol. The first-order chi connectivity index (χ1) is 12.1. The van der Waals surface area contributed by atoms with Crippen molar-refractivity contribution in [3.8, 4) is 5.69 Å². The van der Waals surface area contributed by atoms with Crippen molar-refractivity contribution in [3.05, 3.63) is 65.5 Å². The van der Waals surface area contributed by atoms with Gasteiger partial charge in [0.05, 0.1) is 11.2 Å². The minimum Gasteiger partial charge on any atom is -0.373 e. The van der Waals surface area contributed by atoms with Crippen molar-refractivity contribution in [1.82, 2.24) is 20.2 Å². The van der Waals surface area contributed by atoms with Crippen LogP contribution in [0.5, 0.6) is 0 Å². The summed E-state index contributed by atoms with van der Waals surface area (Å²) in [5.74, 6) is 0.822. The Morgan fingerprint density at radius 2 is 1.80 bits per heavy atom. The Kier molecular flexibility index (Phi) is 4.83. The molecule has 2 aromatic carbocycles. The standard InChI is InChI=1S/C20H25N5/c1-5-16-12-10-11-15(3)18(16)25-19(22-23-24-25)20(4,6-2)21-17-13-8-7-9-14-17/h7-14,21H,5-6H2,1-4H3. The van der Waals surface area contributed by atoms with Crippen LogP contribution in [-0.2, 0) is 12.0 Å². The maximum atomic E-state index is 4.39. The quantitative estimate of drug-likeness (QED) is 0.731. The van der Waals surface area contributed by atoms with E-state index in [0.29, 0.717) is 0 Å². The average Bonchev–Trinajstić information content (AvgIpc) is 3.12. The van der Waals surface area contributed by atoms with E-state index < -0.39 is 0 Å². The van der Waals surface area contributed by atoms with Crippen LogP contribution in [0.2, 0.25) is 0 Å². The van der Waals surface area contributed by atoms with Gasteiger partial charge in [-0.1, -0.05) is 50.2 Å². The van der Waals surface area contributed by atoms with E-state index in [2.05, 4.69) is 78.9 Å². The summed E-state index contributed by atoms with van der Waals surface area (Å²) in [5, 5.41) is 16.3. The first kappa shape index (κ1) is 17.1. The van der Waals surface area contributed by atoms with Gasteiger partial charge in [0.2, 0.25) is 0 Å². The Bertz CT molecular complexity index is 840. The fraction of sp³-hybridized carbons (Fsp3) is 0.350. The Morgan fingerprint density at radius 3 is 2.48 bits per heavy atom. The van der Waals surface area contributed by atoms with Crippen LogP contribution in [0.3, 0.4) is 0 Å². The lowest BCUT2D eigenvalue weighted by molar-refractivity contribution is 0.474. The Labute approximate surface area is 149 Å². The number of aromatic nitrogens is 4. The molecule has 1 aromatic heterocycles. The van der Waals surface area contributed by atoms with E-state index >= 15 is 0 Å². The molecule has 25 heavy (non-hydrogen) atoms. The number of tetrazole rings is 1. The smallest absolute Gasteiger partial charge is 0.181 e. The summed E-state index contributed by atoms with van der Waals surface area (Å²) in [7, 11) is 0. The fourth-order valence-electron chi connectivity index (χ4n) is 3.13. The summed E-state index contributed by atoms with van der Waals surface area (Å²) in [5.41, 5.74) is 4.18. The molecule has 5 heteroatoms. The Morgan fingerprint density at radius 1 is 1.04 bits per heavy atom. The molecule has 0 bridgehead atoms. The molecule has 1 heterocycles. The highest BCUT2D eigenvalue weighted by molar-refractivity contribution is 5.50. The summed E-state index contributed by atoms with van der Waals surface area (Å²) in [6.07, 6.45) is 1.79. The summed E-state index contributed by atoms with van der Waals surface area (Å²) in [6, 6.07) is 16.5. The highest BCUT2D eigenvalue weighted by atomic mass is 15.6. The second kappa shape index (κ2) is 7.05. The third-order valence-corrected chi connectivity index (χ3v) is 4.78. The van der Waals surface area contributed by atoms with Crippen molar-refractivity contribution >= 4 is 5.69 Å². The van der Waals surface area contributed by atoms with Gasteiger partial charge in [-0.05, 0) is 60.4 Å². The van der Waals surface area contributed by atoms with E-state index in [1.54, 1.807) is 0 Å². The lowest BCUT2D eigenvalue weighted by atomic mass is 9.96. The van der Waals surface area contributed by atoms with Gasteiger partial charge >= 0.3 is 0 Å². The van der Waals surface area contributed by atoms with Gasteiger partial charge in [0.25, 0.3) is 0 Å². The largest absolute Gasteiger partial charge is 0.373 e. The van der Waals surface area contributed by atoms with Gasteiger partial charge in [0, 0.05) is 5.69 Å². The summed E-state index contributed by atoms with van der Waals surface area (Å²) in [6.45, 7) is 8.55. The van der Waals surface area contributed by atoms with Crippen molar-refractivity contribution in [2.45, 2.75) is 46.1 Å². The maximum Gasteiger partial charge on any atom is 0.181 e. The molecule has 3 rings (SSSR count). The van der Waals surface area contributed by atoms with E-state index in [0.717, 1.165) is 30.0 Å². The number of hydrogen-bond donors (Lipinski definition) is 1. The number of hydrogen-bond acceptors (Lipinski definition) is 4. The molecule has 0 fully saturated rings. The van der Waals surface area contributed by atoms with Crippen LogP contribution in [0.25, 0.3) is 5.69 Å². The number of para-hydroxylation sites is 2. The zero-order valence-corrected chi connectivity index (χ0v) is 15.3. The van der Waals surface area contributed by atoms with Crippen LogP contribution in [0.1, 0.15) is 44.1 Å². The van der Waals surface area contributed by atoms with Gasteiger partial charge in [0.15, 0.2) is 5.82 Å². The van der Waals surface area contributed by atoms with Crippen molar-refractivity contribution < 1.29 is 0 Å². The normalized spacial score (nSPS) is 13.4. The van der Waals surface area contributed by atoms with E-state index in [1.807, 2.05) is 22.9 Å². The molecule has 0 spiro atoms. The predicted octanol–water partition coefficient (Wildman–Crippen LogP) is 4.27. The number of anilines is 1. The van der Waals surface area contributed by atoms with Gasteiger partial charge in [-0.3, -0.25) is 0 Å². The number of aryl methyl sites for hydroxylation is 2. The van der Waals surface area contributed by atoms with Crippen LogP contribution in [0.15, 0.2) is 48.5 Å². The first-order valence-electron chi connectivity index (χ1n) is 8.80. The van der Waals surface area contributed by atoms with Crippen molar-refractivity contribution in [3.63, 3.8) is 0 Å². The van der Waals surface area contributed by atoms with Gasteiger partial charge in [-0.15, -0.1) is 5.10 Å². The number of benzene rings is 2. The zero-order valence-electron chi connectivity index (χ0n) is 15.3. The molecule has 0 aliphatic heterocycles. The molecule has 5 nitrogen and oxygen atoms in total. The summed E-state index contributed by atoms with van der Waals surface area (Å²) < 4.78 is 1.90. The molecule has 0 aliphatic carbocycles. The van der Waals surface area contributed by atoms with Crippen molar-refractivity contribution in [2.24, 2.45) is 0 Å². The van der Waals surface area contributed by atoms with Crippen molar-refractivity contribution in [1.29, 1.82) is 0 Å². The van der Waals surface area contributed by atoms with Gasteiger partial charge in [-0.2, -0.15) is 4.68 Å². The molecule has 0 aliphatic rings. The molecule has 1 N–H and O–H groups in total. The fourth-order valence-corrected chi connectivity index (χ4v) is 3.13. The van der Waals surface area contributed by atoms with E-state index in [1.165, 1.54) is 11.1 Å². The SMILES string of the molecule is CCc1cccc(C)c1-n1nnnc1C(C)(CC)Nc1ccccc1. The highest BCUT2D eigenvalue weighted by Gasteiger charge is 2.32. The van der Waals surface area contributed by atoms with E-state index in [4.69, 9.17) is 0 Å². The number of nitrogens with one attached hydrogen (secondary N) is 1. The Hall–Kier alpha value is -2.69. The lowest BCUT2D eigenvalue weighted by Gasteiger charge is -2.30. The molecule has 3 aromatic rings. The second-order valence-corrected chi connectivity index (χ2v) is 6.53. The van der Waals surface area contributed by atoms with Gasteiger partial charge in [-0.25, -0.2) is 0 Å². The van der Waals surface area contributed by atoms with Gasteiger partial charge < -0.3 is 5.32 Å². The number of rotatable bonds is 6. The third-order valence-electron chi connectivity index (χ3n) is 4.78. The van der Waals surface area contributed by atoms with Crippen LogP contribution >= 0.6 is 0 Å². The van der Waals surface area contributed by atoms with Crippen molar-refractivity contribution in [2.75, 3.05) is 5.32 Å². The number of nitrogens with zero attached hydrogens (tertiary/aromatic N) is 4. The molecule has 1 unspecified atom stereocenters. The molecular weight excluding hydrogens is 310 g/mol. The summed E-state index contributed by atoms with van der Waals surface area (Å²) >= 11 is 0. The predicted molar refractivity (Wildman–Crippen MR) is 101 cm³/mol. The molecule has 0 saturated heterocycles. The maximum absolute atomic E-state index is 4.39. The molecule has 1 atom stereocenters. The molecule has 130 valence electrons. The first-order valence-corrected chi connectivity index (χ1v) is 8.80. The van der Waals surface area contributed by atoms with Crippen LogP contribution < -0.4 is 5.32 Å². The Balaban J connectivity index is 2.09. The van der Waals surface area contributed by atoms with E-state index in [9.17, 15) is 0 Å². The summed E-state index contributed by atoms with van der Waals surface area (Å²) in [4.78, 5) is 0. The topological polar surface area (TPSA) is 55.6 Å². The highest BCUT2D eigenvalue weighted by Crippen LogP contribution is 2.30. The van der Waals surface area contributed by atoms with Crippen LogP contribution in [0.4, 0.5) is 5.69 Å². The van der Waals surface area contributed by atoms with E-state index in [-0.39, 0.29) is 5.54 Å². The minimum absolute atomic E-state index is 0.377. The van der Waals surface area contributed by atoms with Crippen LogP contribution in [0, 0.1) is 6.92 Å². The van der Waals surface area contributed by atoms with Gasteiger partial charge in [0.1, 0.15) is 0 Å². The molecule has 0 radical (unpaired) electrons. The monoisotopic (exact) mass is 335 g/mol. The molecule has 0 saturated carbocycles. The second-order valence-electron chi connectivity index (χ2n) is 6.53. The molecule has 0 amide bonds. The molecular formula is C20H25N5. The lowest BCUT2D eigenvalue weighted by Crippen LogP contribution is -2.34. The third kappa shape index (κ3) is 3.27. The minimum atomic E-state index is -0.377. The van der Waals surface area contributed by atoms with Crippen LogP contribution in [-0.4, -0.2) is 20.2 Å². The zero-order chi connectivity index (χ0) is 17.9.